The van der Waals surface area contributed by atoms with Crippen LogP contribution in [-0.4, -0.2) is 6.16 Å². The van der Waals surface area contributed by atoms with Gasteiger partial charge in [-0.1, -0.05) is 146 Å². The van der Waals surface area contributed by atoms with Gasteiger partial charge >= 0.3 is 0 Å². The van der Waals surface area contributed by atoms with E-state index in [1.165, 1.54) is 0 Å². The Hall–Kier alpha value is -4.14. The van der Waals surface area contributed by atoms with Crippen LogP contribution in [0.15, 0.2) is 158 Å². The smallest absolute Gasteiger partial charge is 0.170 e. The minimum atomic E-state index is -2.98. The third-order valence-corrected chi connectivity index (χ3v) is 13.3. The Balaban J connectivity index is 1.46. The summed E-state index contributed by atoms with van der Waals surface area (Å²) in [6.45, 7) is 3.69. The van der Waals surface area contributed by atoms with E-state index in [2.05, 4.69) is 30.9 Å². The van der Waals surface area contributed by atoms with E-state index >= 15 is 0 Å². The fourth-order valence-electron chi connectivity index (χ4n) is 5.03. The predicted octanol–water partition coefficient (Wildman–Crippen LogP) is 8.11. The molecule has 0 saturated carbocycles. The summed E-state index contributed by atoms with van der Waals surface area (Å²) in [5.74, 6) is 0. The van der Waals surface area contributed by atoms with Crippen LogP contribution < -0.4 is 21.2 Å². The molecule has 0 spiro atoms. The maximum atomic E-state index is 14.7. The lowest BCUT2D eigenvalue weighted by molar-refractivity contribution is 0.588. The largest absolute Gasteiger partial charge is 0.313 e. The highest BCUT2D eigenvalue weighted by Crippen LogP contribution is 2.53. The van der Waals surface area contributed by atoms with Crippen molar-refractivity contribution in [3.63, 3.8) is 0 Å². The lowest BCUT2D eigenvalue weighted by Crippen LogP contribution is -2.18. The van der Waals surface area contributed by atoms with Gasteiger partial charge in [0.25, 0.3) is 0 Å². The molecule has 0 aromatic heterocycles. The Bertz CT molecular complexity index is 1690. The van der Waals surface area contributed by atoms with Crippen molar-refractivity contribution in [3.8, 4) is 11.1 Å². The van der Waals surface area contributed by atoms with Crippen LogP contribution in [0, 0.1) is 12.1 Å². The van der Waals surface area contributed by atoms with Crippen molar-refractivity contribution >= 4 is 35.5 Å². The van der Waals surface area contributed by atoms with Gasteiger partial charge in [-0.25, -0.2) is 0 Å². The molecule has 0 saturated heterocycles. The number of hydrogen-bond donors (Lipinski definition) is 0. The van der Waals surface area contributed by atoms with E-state index < -0.39 is 14.3 Å². The van der Waals surface area contributed by atoms with Gasteiger partial charge in [0.05, 0.1) is 0 Å². The lowest BCUT2D eigenvalue weighted by Gasteiger charge is -2.22. The average molecular weight is 571 g/mol. The van der Waals surface area contributed by atoms with E-state index in [0.29, 0.717) is 6.16 Å². The van der Waals surface area contributed by atoms with E-state index in [4.69, 9.17) is 0 Å². The van der Waals surface area contributed by atoms with Crippen molar-refractivity contribution in [1.29, 1.82) is 0 Å². The van der Waals surface area contributed by atoms with Gasteiger partial charge < -0.3 is 9.13 Å². The van der Waals surface area contributed by atoms with Gasteiger partial charge in [-0.15, -0.1) is 0 Å². The summed E-state index contributed by atoms with van der Waals surface area (Å²) in [5.41, 5.74) is 2.02. The Morgan fingerprint density at radius 3 is 2.00 bits per heavy atom. The second-order valence-corrected chi connectivity index (χ2v) is 15.5. The summed E-state index contributed by atoms with van der Waals surface area (Å²) in [4.78, 5) is 0. The SMILES string of the molecule is C=C/C=C\C=C/CP(=O)(c1cc#ccc1)c1ccc(-c2ccc(P(=O)(C3=CCCC=C3)c3ccccc3)cc2)cc1. The quantitative estimate of drug-likeness (QED) is 0.143. The zero-order chi connectivity index (χ0) is 28.5. The fourth-order valence-corrected chi connectivity index (χ4v) is 10.1. The molecule has 1 aliphatic carbocycles. The van der Waals surface area contributed by atoms with Gasteiger partial charge in [0.1, 0.15) is 7.14 Å². The maximum absolute atomic E-state index is 14.7. The molecule has 0 fully saturated rings. The van der Waals surface area contributed by atoms with Gasteiger partial charge in [-0.05, 0) is 42.2 Å². The molecule has 0 radical (unpaired) electrons. The minimum Gasteiger partial charge on any atom is -0.313 e. The molecule has 4 heteroatoms. The third kappa shape index (κ3) is 6.14. The summed E-state index contributed by atoms with van der Waals surface area (Å²) >= 11 is 0. The van der Waals surface area contributed by atoms with Crippen LogP contribution in [0.4, 0.5) is 0 Å². The number of hydrogen-bond acceptors (Lipinski definition) is 2. The maximum Gasteiger partial charge on any atom is 0.170 e. The average Bonchev–Trinajstić information content (AvgIpc) is 3.05. The third-order valence-electron chi connectivity index (χ3n) is 7.22. The first kappa shape index (κ1) is 28.4. The van der Waals surface area contributed by atoms with E-state index in [1.807, 2.05) is 115 Å². The molecule has 2 unspecified atom stereocenters. The predicted molar refractivity (Wildman–Crippen MR) is 176 cm³/mol. The summed E-state index contributed by atoms with van der Waals surface area (Å²) in [5, 5.41) is 4.11. The molecule has 5 rings (SSSR count). The van der Waals surface area contributed by atoms with Crippen LogP contribution in [0.5, 0.6) is 0 Å². The molecule has 4 aromatic rings. The molecule has 2 nitrogen and oxygen atoms in total. The molecule has 0 N–H and O–H groups in total. The van der Waals surface area contributed by atoms with Gasteiger partial charge in [-0.3, -0.25) is 0 Å². The van der Waals surface area contributed by atoms with Crippen molar-refractivity contribution in [2.24, 2.45) is 0 Å². The molecule has 0 aliphatic heterocycles. The van der Waals surface area contributed by atoms with Gasteiger partial charge in [0.15, 0.2) is 7.14 Å². The molecule has 41 heavy (non-hydrogen) atoms. The van der Waals surface area contributed by atoms with E-state index in [-0.39, 0.29) is 0 Å². The first-order valence-corrected chi connectivity index (χ1v) is 17.3. The van der Waals surface area contributed by atoms with Crippen LogP contribution in [0.25, 0.3) is 11.1 Å². The zero-order valence-corrected chi connectivity index (χ0v) is 24.7. The first-order valence-electron chi connectivity index (χ1n) is 13.7. The Morgan fingerprint density at radius 1 is 0.707 bits per heavy atom. The number of allylic oxidation sites excluding steroid dienone is 9. The molecule has 202 valence electrons. The summed E-state index contributed by atoms with van der Waals surface area (Å²) in [6, 6.07) is 37.0. The van der Waals surface area contributed by atoms with Crippen molar-refractivity contribution in [1.82, 2.24) is 0 Å². The fraction of sp³-hybridized carbons (Fsp3) is 0.0811. The van der Waals surface area contributed by atoms with Crippen molar-refractivity contribution in [2.45, 2.75) is 12.8 Å². The van der Waals surface area contributed by atoms with Crippen LogP contribution in [-0.2, 0) is 9.13 Å². The van der Waals surface area contributed by atoms with E-state index in [1.54, 1.807) is 18.2 Å². The highest BCUT2D eigenvalue weighted by molar-refractivity contribution is 7.82. The normalized spacial score (nSPS) is 16.0. The van der Waals surface area contributed by atoms with E-state index in [9.17, 15) is 9.13 Å². The number of rotatable bonds is 10. The summed E-state index contributed by atoms with van der Waals surface area (Å²) in [7, 11) is -5.89. The van der Waals surface area contributed by atoms with Crippen molar-refractivity contribution in [3.05, 3.63) is 170 Å². The molecule has 2 atom stereocenters. The summed E-state index contributed by atoms with van der Waals surface area (Å²) in [6.07, 6.45) is 17.8. The lowest BCUT2D eigenvalue weighted by atomic mass is 10.1. The molecule has 0 heterocycles. The van der Waals surface area contributed by atoms with E-state index in [0.717, 1.165) is 50.5 Å². The molecule has 0 amide bonds. The molecular formula is C37H32O2P2. The topological polar surface area (TPSA) is 34.1 Å². The Morgan fingerprint density at radius 2 is 1.39 bits per heavy atom. The van der Waals surface area contributed by atoms with Crippen LogP contribution in [0.2, 0.25) is 0 Å². The minimum absolute atomic E-state index is 0.402. The van der Waals surface area contributed by atoms with Gasteiger partial charge in [0.2, 0.25) is 0 Å². The molecular weight excluding hydrogens is 538 g/mol. The monoisotopic (exact) mass is 570 g/mol. The second-order valence-electron chi connectivity index (χ2n) is 9.81. The Labute approximate surface area is 243 Å². The molecule has 1 aliphatic rings. The van der Waals surface area contributed by atoms with Gasteiger partial charge in [-0.2, -0.15) is 0 Å². The second kappa shape index (κ2) is 13.0. The first-order chi connectivity index (χ1) is 20.1. The Kier molecular flexibility index (Phi) is 9.01. The van der Waals surface area contributed by atoms with Crippen LogP contribution >= 0.6 is 14.3 Å². The highest BCUT2D eigenvalue weighted by Gasteiger charge is 2.31. The van der Waals surface area contributed by atoms with Gasteiger partial charge in [0, 0.05) is 32.7 Å². The zero-order valence-electron chi connectivity index (χ0n) is 22.9. The standard InChI is InChI=1S/C37H32O2P2/c1-2-3-4-5-15-30-40(38,33-16-9-6-10-17-33)34-26-22-31(23-27-34)32-24-28-37(29-25-32)41(39,35-18-11-7-12-19-35)36-20-13-8-14-21-36/h2-5,7,9,11-13,15-29H,1,8,14,30H2/b4-3-,15-5-. The van der Waals surface area contributed by atoms with Crippen LogP contribution in [0.3, 0.4) is 0 Å². The number of benzene rings is 3. The molecule has 4 aromatic carbocycles. The summed E-state index contributed by atoms with van der Waals surface area (Å²) < 4.78 is 29.0. The van der Waals surface area contributed by atoms with Crippen LogP contribution in [0.1, 0.15) is 12.8 Å². The van der Waals surface area contributed by atoms with Crippen molar-refractivity contribution in [2.75, 3.05) is 6.16 Å². The highest BCUT2D eigenvalue weighted by atomic mass is 31.2. The molecule has 0 bridgehead atoms. The van der Waals surface area contributed by atoms with Crippen molar-refractivity contribution < 1.29 is 9.13 Å².